The fraction of sp³-hybridized carbons (Fsp3) is 0.353. The van der Waals surface area contributed by atoms with Gasteiger partial charge in [-0.25, -0.2) is 4.98 Å². The number of fused-ring (bicyclic) bond motifs is 1. The van der Waals surface area contributed by atoms with Gasteiger partial charge in [-0.05, 0) is 38.2 Å². The summed E-state index contributed by atoms with van der Waals surface area (Å²) in [6.45, 7) is 6.16. The molecule has 4 nitrogen and oxygen atoms in total. The number of benzene rings is 1. The van der Waals surface area contributed by atoms with E-state index in [0.29, 0.717) is 22.8 Å². The number of hydrogen-bond donors (Lipinski definition) is 1. The number of amides is 1. The Hall–Kier alpha value is -1.88. The Morgan fingerprint density at radius 3 is 2.95 bits per heavy atom. The largest absolute Gasteiger partial charge is 0.375 e. The topological polar surface area (TPSA) is 59.2 Å². The zero-order valence-corrected chi connectivity index (χ0v) is 13.3. The fourth-order valence-electron chi connectivity index (χ4n) is 3.46. The zero-order chi connectivity index (χ0) is 15.4. The molecule has 0 unspecified atom stereocenters. The number of piperidine rings is 1. The molecule has 3 atom stereocenters. The number of nitrogen functional groups attached to an aromatic ring is 1. The minimum absolute atomic E-state index is 0.0190. The number of hydrogen-bond acceptors (Lipinski definition) is 4. The molecule has 2 aliphatic rings. The molecule has 113 valence electrons. The van der Waals surface area contributed by atoms with Gasteiger partial charge in [-0.2, -0.15) is 0 Å². The molecule has 0 bridgehead atoms. The van der Waals surface area contributed by atoms with Crippen LogP contribution in [-0.2, 0) is 0 Å². The Labute approximate surface area is 134 Å². The number of rotatable bonds is 2. The maximum atomic E-state index is 13.0. The summed E-state index contributed by atoms with van der Waals surface area (Å²) in [6.07, 6.45) is 2.12. The Bertz CT molecular complexity index is 752. The minimum Gasteiger partial charge on any atom is -0.375 e. The van der Waals surface area contributed by atoms with Crippen molar-refractivity contribution in [1.29, 1.82) is 0 Å². The predicted octanol–water partition coefficient (Wildman–Crippen LogP) is 3.14. The van der Waals surface area contributed by atoms with Gasteiger partial charge in [0, 0.05) is 12.1 Å². The Morgan fingerprint density at radius 1 is 1.45 bits per heavy atom. The van der Waals surface area contributed by atoms with Crippen molar-refractivity contribution in [2.75, 3.05) is 5.73 Å². The molecule has 2 heterocycles. The molecule has 1 aromatic heterocycles. The number of nitrogens with two attached hydrogens (primary N) is 1. The third-order valence-corrected chi connectivity index (χ3v) is 5.51. The van der Waals surface area contributed by atoms with E-state index >= 15 is 0 Å². The number of aromatic nitrogens is 1. The summed E-state index contributed by atoms with van der Waals surface area (Å²) in [6, 6.07) is 8.52. The summed E-state index contributed by atoms with van der Waals surface area (Å²) in [5, 5.41) is 0.437. The highest BCUT2D eigenvalue weighted by Crippen LogP contribution is 2.48. The van der Waals surface area contributed by atoms with Crippen LogP contribution in [0.15, 0.2) is 24.3 Å². The van der Waals surface area contributed by atoms with E-state index in [1.807, 2.05) is 30.0 Å². The molecule has 1 aliphatic carbocycles. The zero-order valence-electron chi connectivity index (χ0n) is 12.5. The monoisotopic (exact) mass is 312 g/mol. The third-order valence-electron chi connectivity index (χ3n) is 4.57. The lowest BCUT2D eigenvalue weighted by atomic mass is 10.1. The molecular weight excluding hydrogens is 294 g/mol. The van der Waals surface area contributed by atoms with Crippen molar-refractivity contribution in [3.8, 4) is 10.4 Å². The van der Waals surface area contributed by atoms with E-state index in [2.05, 4.69) is 18.0 Å². The average molecular weight is 312 g/mol. The first-order valence-corrected chi connectivity index (χ1v) is 8.35. The summed E-state index contributed by atoms with van der Waals surface area (Å²) in [7, 11) is 0. The highest BCUT2D eigenvalue weighted by Gasteiger charge is 2.53. The highest BCUT2D eigenvalue weighted by atomic mass is 32.1. The fourth-order valence-corrected chi connectivity index (χ4v) is 4.28. The number of carbonyl (C=O) groups excluding carboxylic acids is 1. The molecule has 5 heteroatoms. The van der Waals surface area contributed by atoms with E-state index in [1.54, 1.807) is 0 Å². The first kappa shape index (κ1) is 13.8. The quantitative estimate of drug-likeness (QED) is 0.927. The van der Waals surface area contributed by atoms with Gasteiger partial charge in [0.15, 0.2) is 5.13 Å². The van der Waals surface area contributed by atoms with Crippen LogP contribution >= 0.6 is 11.3 Å². The molecule has 1 aliphatic heterocycles. The lowest BCUT2D eigenvalue weighted by Gasteiger charge is -2.24. The Balaban J connectivity index is 1.74. The van der Waals surface area contributed by atoms with Crippen LogP contribution in [0.1, 0.15) is 28.9 Å². The molecule has 1 saturated heterocycles. The van der Waals surface area contributed by atoms with Crippen LogP contribution in [0.2, 0.25) is 0 Å². The van der Waals surface area contributed by atoms with Gasteiger partial charge in [-0.1, -0.05) is 41.2 Å². The Morgan fingerprint density at radius 2 is 2.27 bits per heavy atom. The summed E-state index contributed by atoms with van der Waals surface area (Å²) < 4.78 is 0. The van der Waals surface area contributed by atoms with Gasteiger partial charge < -0.3 is 10.6 Å². The second kappa shape index (κ2) is 4.81. The van der Waals surface area contributed by atoms with E-state index in [0.717, 1.165) is 28.8 Å². The molecule has 1 amide bonds. The predicted molar refractivity (Wildman–Crippen MR) is 88.5 cm³/mol. The van der Waals surface area contributed by atoms with Crippen molar-refractivity contribution in [3.63, 3.8) is 0 Å². The smallest absolute Gasteiger partial charge is 0.274 e. The second-order valence-corrected chi connectivity index (χ2v) is 7.30. The molecule has 2 N–H and O–H groups in total. The van der Waals surface area contributed by atoms with Crippen LogP contribution in [0, 0.1) is 19.8 Å². The number of anilines is 1. The summed E-state index contributed by atoms with van der Waals surface area (Å²) in [5.74, 6) is 0.624. The average Bonchev–Trinajstić information content (AvgIpc) is 2.97. The van der Waals surface area contributed by atoms with Crippen molar-refractivity contribution >= 4 is 22.4 Å². The van der Waals surface area contributed by atoms with Gasteiger partial charge in [0.1, 0.15) is 5.69 Å². The van der Waals surface area contributed by atoms with Gasteiger partial charge in [0.05, 0.1) is 4.88 Å². The maximum Gasteiger partial charge on any atom is 0.274 e. The second-order valence-electron chi connectivity index (χ2n) is 6.26. The van der Waals surface area contributed by atoms with Crippen molar-refractivity contribution in [2.45, 2.75) is 31.8 Å². The number of carbonyl (C=O) groups is 1. The number of likely N-dealkylation sites (tertiary alicyclic amines) is 1. The normalized spacial score (nSPS) is 26.1. The SMILES string of the molecule is [CH2][C@H]1C[C@@H]2C[C@@H]2N1C(=O)c1nc(N)sc1-c1cccc(C)c1. The molecule has 2 aromatic rings. The van der Waals surface area contributed by atoms with Crippen LogP contribution in [-0.4, -0.2) is 27.9 Å². The van der Waals surface area contributed by atoms with Crippen LogP contribution < -0.4 is 5.73 Å². The van der Waals surface area contributed by atoms with Crippen molar-refractivity contribution in [1.82, 2.24) is 9.88 Å². The molecular formula is C17H18N3OS. The van der Waals surface area contributed by atoms with E-state index in [-0.39, 0.29) is 11.9 Å². The summed E-state index contributed by atoms with van der Waals surface area (Å²) in [4.78, 5) is 20.1. The van der Waals surface area contributed by atoms with Crippen LogP contribution in [0.4, 0.5) is 5.13 Å². The van der Waals surface area contributed by atoms with Crippen LogP contribution in [0.5, 0.6) is 0 Å². The van der Waals surface area contributed by atoms with E-state index in [4.69, 9.17) is 5.73 Å². The van der Waals surface area contributed by atoms with Crippen molar-refractivity contribution < 1.29 is 4.79 Å². The van der Waals surface area contributed by atoms with Crippen molar-refractivity contribution in [3.05, 3.63) is 42.4 Å². The maximum absolute atomic E-state index is 13.0. The Kier molecular flexibility index (Phi) is 3.01. The summed E-state index contributed by atoms with van der Waals surface area (Å²) >= 11 is 1.38. The van der Waals surface area contributed by atoms with Gasteiger partial charge in [0.25, 0.3) is 5.91 Å². The first-order chi connectivity index (χ1) is 10.5. The van der Waals surface area contributed by atoms with E-state index in [1.165, 1.54) is 11.3 Å². The third kappa shape index (κ3) is 2.11. The van der Waals surface area contributed by atoms with Crippen LogP contribution in [0.25, 0.3) is 10.4 Å². The molecule has 22 heavy (non-hydrogen) atoms. The molecule has 1 saturated carbocycles. The van der Waals surface area contributed by atoms with Crippen molar-refractivity contribution in [2.24, 2.45) is 5.92 Å². The number of thiazole rings is 1. The molecule has 2 fully saturated rings. The lowest BCUT2D eigenvalue weighted by molar-refractivity contribution is 0.0725. The van der Waals surface area contributed by atoms with E-state index in [9.17, 15) is 4.79 Å². The first-order valence-electron chi connectivity index (χ1n) is 7.53. The molecule has 0 spiro atoms. The van der Waals surface area contributed by atoms with E-state index < -0.39 is 0 Å². The lowest BCUT2D eigenvalue weighted by Crippen LogP contribution is -2.37. The highest BCUT2D eigenvalue weighted by molar-refractivity contribution is 7.19. The van der Waals surface area contributed by atoms with Gasteiger partial charge in [-0.15, -0.1) is 0 Å². The van der Waals surface area contributed by atoms with Gasteiger partial charge in [0.2, 0.25) is 0 Å². The minimum atomic E-state index is -0.0190. The molecule has 1 aromatic carbocycles. The standard InChI is InChI=1S/C17H18N3OS/c1-9-4-3-5-11(6-9)15-14(19-17(18)22-15)16(21)20-10(2)7-12-8-13(12)20/h3-6,10,12-13H,2,7-8H2,1H3,(H2,18,19)/t10-,12+,13-/m0/s1. The van der Waals surface area contributed by atoms with Crippen LogP contribution in [0.3, 0.4) is 0 Å². The molecule has 1 radical (unpaired) electrons. The number of aryl methyl sites for hydroxylation is 1. The van der Waals surface area contributed by atoms with Gasteiger partial charge >= 0.3 is 0 Å². The van der Waals surface area contributed by atoms with Gasteiger partial charge in [-0.3, -0.25) is 4.79 Å². The molecule has 4 rings (SSSR count). The number of nitrogens with zero attached hydrogens (tertiary/aromatic N) is 2. The summed E-state index contributed by atoms with van der Waals surface area (Å²) in [5.41, 5.74) is 8.53.